The molecule has 0 spiro atoms. The molecule has 1 aliphatic heterocycles. The quantitative estimate of drug-likeness (QED) is 0.759. The Hall–Kier alpha value is -1.06. The number of aldehydes is 1. The summed E-state index contributed by atoms with van der Waals surface area (Å²) in [5.74, 6) is 0. The summed E-state index contributed by atoms with van der Waals surface area (Å²) in [4.78, 5) is 13.3. The van der Waals surface area contributed by atoms with Gasteiger partial charge in [0.15, 0.2) is 6.29 Å². The first kappa shape index (κ1) is 12.4. The standard InChI is InChI=1S/C13H16ClNO2/c1-9-6-15(7-10(2)17-9)13-5-3-4-12(14)11(13)8-16/h3-5,8-10H,6-7H2,1-2H3. The number of nitrogens with zero attached hydrogens (tertiary/aromatic N) is 1. The second-order valence-corrected chi connectivity index (χ2v) is 4.86. The number of benzene rings is 1. The highest BCUT2D eigenvalue weighted by Crippen LogP contribution is 2.28. The van der Waals surface area contributed by atoms with Crippen LogP contribution in [0, 0.1) is 0 Å². The van der Waals surface area contributed by atoms with E-state index in [1.54, 1.807) is 6.07 Å². The molecule has 0 aromatic heterocycles. The minimum atomic E-state index is 0.164. The number of rotatable bonds is 2. The van der Waals surface area contributed by atoms with Crippen LogP contribution in [-0.4, -0.2) is 31.6 Å². The summed E-state index contributed by atoms with van der Waals surface area (Å²) < 4.78 is 5.68. The summed E-state index contributed by atoms with van der Waals surface area (Å²) in [6.07, 6.45) is 1.15. The third-order valence-electron chi connectivity index (χ3n) is 2.91. The van der Waals surface area contributed by atoms with Gasteiger partial charge in [0.05, 0.1) is 22.8 Å². The zero-order valence-electron chi connectivity index (χ0n) is 10.0. The van der Waals surface area contributed by atoms with Gasteiger partial charge in [-0.1, -0.05) is 17.7 Å². The average molecular weight is 254 g/mol. The van der Waals surface area contributed by atoms with Gasteiger partial charge in [0.1, 0.15) is 0 Å². The lowest BCUT2D eigenvalue weighted by molar-refractivity contribution is -0.00525. The van der Waals surface area contributed by atoms with Crippen molar-refractivity contribution in [3.05, 3.63) is 28.8 Å². The van der Waals surface area contributed by atoms with Gasteiger partial charge >= 0.3 is 0 Å². The lowest BCUT2D eigenvalue weighted by Gasteiger charge is -2.37. The first-order chi connectivity index (χ1) is 8.11. The predicted molar refractivity (Wildman–Crippen MR) is 69.1 cm³/mol. The molecule has 3 nitrogen and oxygen atoms in total. The predicted octanol–water partition coefficient (Wildman–Crippen LogP) is 2.77. The molecule has 1 saturated heterocycles. The van der Waals surface area contributed by atoms with E-state index in [2.05, 4.69) is 4.90 Å². The topological polar surface area (TPSA) is 29.5 Å². The third kappa shape index (κ3) is 2.61. The van der Waals surface area contributed by atoms with Gasteiger partial charge < -0.3 is 9.64 Å². The minimum absolute atomic E-state index is 0.164. The van der Waals surface area contributed by atoms with E-state index >= 15 is 0 Å². The SMILES string of the molecule is CC1CN(c2cccc(Cl)c2C=O)CC(C)O1. The third-order valence-corrected chi connectivity index (χ3v) is 3.24. The van der Waals surface area contributed by atoms with E-state index < -0.39 is 0 Å². The summed E-state index contributed by atoms with van der Waals surface area (Å²) in [5, 5.41) is 0.504. The number of hydrogen-bond donors (Lipinski definition) is 0. The number of halogens is 1. The van der Waals surface area contributed by atoms with E-state index in [4.69, 9.17) is 16.3 Å². The molecule has 2 rings (SSSR count). The summed E-state index contributed by atoms with van der Waals surface area (Å²) in [5.41, 5.74) is 1.46. The first-order valence-electron chi connectivity index (χ1n) is 5.76. The van der Waals surface area contributed by atoms with Crippen LogP contribution in [0.5, 0.6) is 0 Å². The van der Waals surface area contributed by atoms with Crippen LogP contribution in [0.25, 0.3) is 0 Å². The Kier molecular flexibility index (Phi) is 3.69. The number of morpholine rings is 1. The molecule has 0 radical (unpaired) electrons. The Labute approximate surface area is 106 Å². The highest BCUT2D eigenvalue weighted by atomic mass is 35.5. The Morgan fingerprint density at radius 3 is 2.59 bits per heavy atom. The van der Waals surface area contributed by atoms with Gasteiger partial charge in [-0.3, -0.25) is 4.79 Å². The van der Waals surface area contributed by atoms with Gasteiger partial charge in [-0.2, -0.15) is 0 Å². The Bertz CT molecular complexity index is 412. The minimum Gasteiger partial charge on any atom is -0.372 e. The van der Waals surface area contributed by atoms with E-state index in [1.807, 2.05) is 26.0 Å². The fourth-order valence-corrected chi connectivity index (χ4v) is 2.51. The maximum atomic E-state index is 11.1. The molecular weight excluding hydrogens is 238 g/mol. The average Bonchev–Trinajstić information content (AvgIpc) is 2.27. The van der Waals surface area contributed by atoms with Crippen LogP contribution in [0.3, 0.4) is 0 Å². The molecule has 92 valence electrons. The van der Waals surface area contributed by atoms with Crippen molar-refractivity contribution in [3.63, 3.8) is 0 Å². The van der Waals surface area contributed by atoms with Crippen molar-refractivity contribution in [1.82, 2.24) is 0 Å². The fourth-order valence-electron chi connectivity index (χ4n) is 2.29. The number of ether oxygens (including phenoxy) is 1. The molecule has 0 aliphatic carbocycles. The molecule has 2 atom stereocenters. The number of hydrogen-bond acceptors (Lipinski definition) is 3. The summed E-state index contributed by atoms with van der Waals surface area (Å²) in [7, 11) is 0. The Balaban J connectivity index is 2.33. The summed E-state index contributed by atoms with van der Waals surface area (Å²) >= 11 is 6.03. The molecule has 0 N–H and O–H groups in total. The zero-order valence-corrected chi connectivity index (χ0v) is 10.8. The second kappa shape index (κ2) is 5.07. The molecule has 2 unspecified atom stereocenters. The maximum absolute atomic E-state index is 11.1. The molecule has 17 heavy (non-hydrogen) atoms. The number of anilines is 1. The number of carbonyl (C=O) groups is 1. The van der Waals surface area contributed by atoms with Crippen LogP contribution in [-0.2, 0) is 4.74 Å². The van der Waals surface area contributed by atoms with Crippen LogP contribution < -0.4 is 4.90 Å². The van der Waals surface area contributed by atoms with E-state index in [-0.39, 0.29) is 12.2 Å². The molecular formula is C13H16ClNO2. The van der Waals surface area contributed by atoms with E-state index in [0.717, 1.165) is 25.1 Å². The highest BCUT2D eigenvalue weighted by molar-refractivity contribution is 6.33. The van der Waals surface area contributed by atoms with Gasteiger partial charge in [-0.25, -0.2) is 0 Å². The van der Waals surface area contributed by atoms with Crippen molar-refractivity contribution >= 4 is 23.6 Å². The van der Waals surface area contributed by atoms with Crippen LogP contribution in [0.1, 0.15) is 24.2 Å². The van der Waals surface area contributed by atoms with Crippen LogP contribution >= 0.6 is 11.6 Å². The smallest absolute Gasteiger partial charge is 0.153 e. The molecule has 1 aromatic carbocycles. The van der Waals surface area contributed by atoms with Crippen molar-refractivity contribution in [2.75, 3.05) is 18.0 Å². The summed E-state index contributed by atoms with van der Waals surface area (Å²) in [6.45, 7) is 5.64. The van der Waals surface area contributed by atoms with E-state index in [0.29, 0.717) is 10.6 Å². The second-order valence-electron chi connectivity index (χ2n) is 4.45. The van der Waals surface area contributed by atoms with Gasteiger partial charge in [0.25, 0.3) is 0 Å². The molecule has 1 aromatic rings. The summed E-state index contributed by atoms with van der Waals surface area (Å²) in [6, 6.07) is 5.54. The molecule has 0 saturated carbocycles. The lowest BCUT2D eigenvalue weighted by Crippen LogP contribution is -2.45. The molecule has 1 aliphatic rings. The largest absolute Gasteiger partial charge is 0.372 e. The van der Waals surface area contributed by atoms with Crippen molar-refractivity contribution in [3.8, 4) is 0 Å². The van der Waals surface area contributed by atoms with Crippen LogP contribution in [0.15, 0.2) is 18.2 Å². The lowest BCUT2D eigenvalue weighted by atomic mass is 10.1. The van der Waals surface area contributed by atoms with Crippen LogP contribution in [0.4, 0.5) is 5.69 Å². The highest BCUT2D eigenvalue weighted by Gasteiger charge is 2.24. The molecule has 1 fully saturated rings. The van der Waals surface area contributed by atoms with Crippen LogP contribution in [0.2, 0.25) is 5.02 Å². The van der Waals surface area contributed by atoms with E-state index in [1.165, 1.54) is 0 Å². The molecule has 0 amide bonds. The number of carbonyl (C=O) groups excluding carboxylic acids is 1. The zero-order chi connectivity index (χ0) is 12.4. The molecule has 1 heterocycles. The van der Waals surface area contributed by atoms with Gasteiger partial charge in [-0.05, 0) is 26.0 Å². The van der Waals surface area contributed by atoms with Crippen molar-refractivity contribution in [2.45, 2.75) is 26.1 Å². The first-order valence-corrected chi connectivity index (χ1v) is 6.13. The normalized spacial score (nSPS) is 24.8. The maximum Gasteiger partial charge on any atom is 0.153 e. The van der Waals surface area contributed by atoms with Gasteiger partial charge in [0, 0.05) is 18.8 Å². The Morgan fingerprint density at radius 1 is 1.35 bits per heavy atom. The van der Waals surface area contributed by atoms with Gasteiger partial charge in [0.2, 0.25) is 0 Å². The van der Waals surface area contributed by atoms with Crippen molar-refractivity contribution < 1.29 is 9.53 Å². The van der Waals surface area contributed by atoms with Gasteiger partial charge in [-0.15, -0.1) is 0 Å². The van der Waals surface area contributed by atoms with Crippen molar-refractivity contribution in [1.29, 1.82) is 0 Å². The molecule has 4 heteroatoms. The molecule has 0 bridgehead atoms. The Morgan fingerprint density at radius 2 is 2.00 bits per heavy atom. The fraction of sp³-hybridized carbons (Fsp3) is 0.462. The monoisotopic (exact) mass is 253 g/mol. The van der Waals surface area contributed by atoms with E-state index in [9.17, 15) is 4.79 Å². The van der Waals surface area contributed by atoms with Crippen molar-refractivity contribution in [2.24, 2.45) is 0 Å².